The van der Waals surface area contributed by atoms with E-state index in [1.165, 1.54) is 19.3 Å². The number of carbonyl (C=O) groups is 2. The van der Waals surface area contributed by atoms with Crippen LogP contribution in [0.1, 0.15) is 58.3 Å². The van der Waals surface area contributed by atoms with Gasteiger partial charge >= 0.3 is 0 Å². The van der Waals surface area contributed by atoms with E-state index in [-0.39, 0.29) is 35.6 Å². The summed E-state index contributed by atoms with van der Waals surface area (Å²) in [5, 5.41) is 13.7. The molecule has 1 spiro atoms. The molecular weight excluding hydrogens is 378 g/mol. The number of nitrogens with zero attached hydrogens (tertiary/aromatic N) is 2. The van der Waals surface area contributed by atoms with Gasteiger partial charge < -0.3 is 20.2 Å². The molecule has 0 aromatic carbocycles. The van der Waals surface area contributed by atoms with E-state index in [1.807, 2.05) is 9.80 Å². The fraction of sp³-hybridized carbons (Fsp3) is 0.905. The molecule has 3 aliphatic rings. The third kappa shape index (κ3) is 5.00. The summed E-state index contributed by atoms with van der Waals surface area (Å²) in [5.74, 6) is 1.32. The number of piperidine rings is 2. The maximum atomic E-state index is 13.2. The molecule has 1 saturated carbocycles. The minimum atomic E-state index is -0.428. The molecule has 2 aliphatic heterocycles. The minimum Gasteiger partial charge on any atom is -0.392 e. The molecule has 2 atom stereocenters. The van der Waals surface area contributed by atoms with Crippen LogP contribution < -0.4 is 5.32 Å². The summed E-state index contributed by atoms with van der Waals surface area (Å²) >= 11 is 0. The number of nitrogens with one attached hydrogen (secondary N) is 1. The molecular formula is C21H38ClN3O3. The molecule has 2 saturated heterocycles. The van der Waals surface area contributed by atoms with Gasteiger partial charge in [0, 0.05) is 37.5 Å². The quantitative estimate of drug-likeness (QED) is 0.737. The summed E-state index contributed by atoms with van der Waals surface area (Å²) in [6.07, 6.45) is 7.57. The molecule has 0 unspecified atom stereocenters. The van der Waals surface area contributed by atoms with Gasteiger partial charge in [0.25, 0.3) is 0 Å². The van der Waals surface area contributed by atoms with Gasteiger partial charge in [-0.15, -0.1) is 12.4 Å². The lowest BCUT2D eigenvalue weighted by Gasteiger charge is -2.51. The molecule has 7 heteroatoms. The SMILES string of the molecule is CCC1CCC(C(=O)N2CCC[C@@]3(CN(C(=O)CNC)CC[C@H]3O)C2)CC1.Cl. The van der Waals surface area contributed by atoms with Crippen molar-refractivity contribution >= 4 is 24.2 Å². The van der Waals surface area contributed by atoms with E-state index in [2.05, 4.69) is 12.2 Å². The van der Waals surface area contributed by atoms with Gasteiger partial charge in [-0.05, 0) is 57.9 Å². The van der Waals surface area contributed by atoms with Crippen LogP contribution in [0.4, 0.5) is 0 Å². The highest BCUT2D eigenvalue weighted by Crippen LogP contribution is 2.40. The number of aliphatic hydroxyl groups is 1. The van der Waals surface area contributed by atoms with Gasteiger partial charge in [0.05, 0.1) is 12.6 Å². The maximum absolute atomic E-state index is 13.2. The topological polar surface area (TPSA) is 72.9 Å². The molecule has 0 radical (unpaired) electrons. The van der Waals surface area contributed by atoms with Crippen molar-refractivity contribution in [2.24, 2.45) is 17.3 Å². The lowest BCUT2D eigenvalue weighted by Crippen LogP contribution is -2.61. The average molecular weight is 416 g/mol. The van der Waals surface area contributed by atoms with Gasteiger partial charge in [0.15, 0.2) is 0 Å². The standard InChI is InChI=1S/C21H37N3O3.ClH/c1-3-16-5-7-17(8-6-16)20(27)24-11-4-10-21(15-24)14-23(12-9-18(21)25)19(26)13-22-2;/h16-18,22,25H,3-15H2,1-2H3;1H/t16?,17?,18-,21-;/m1./s1. The Balaban J connectivity index is 0.00000280. The Kier molecular flexibility index (Phi) is 8.59. The van der Waals surface area contributed by atoms with Crippen LogP contribution in [0.2, 0.25) is 0 Å². The summed E-state index contributed by atoms with van der Waals surface area (Å²) in [7, 11) is 1.78. The fourth-order valence-corrected chi connectivity index (χ4v) is 5.45. The van der Waals surface area contributed by atoms with Crippen molar-refractivity contribution in [3.05, 3.63) is 0 Å². The van der Waals surface area contributed by atoms with Crippen molar-refractivity contribution in [1.82, 2.24) is 15.1 Å². The Morgan fingerprint density at radius 3 is 2.39 bits per heavy atom. The molecule has 0 aromatic rings. The second-order valence-electron chi connectivity index (χ2n) is 9.00. The van der Waals surface area contributed by atoms with Crippen LogP contribution in [-0.2, 0) is 9.59 Å². The molecule has 3 rings (SSSR count). The van der Waals surface area contributed by atoms with Crippen LogP contribution in [0.5, 0.6) is 0 Å². The highest BCUT2D eigenvalue weighted by Gasteiger charge is 2.47. The van der Waals surface area contributed by atoms with E-state index < -0.39 is 6.10 Å². The summed E-state index contributed by atoms with van der Waals surface area (Å²) in [6.45, 7) is 5.15. The molecule has 2 heterocycles. The summed E-state index contributed by atoms with van der Waals surface area (Å²) in [6, 6.07) is 0. The number of likely N-dealkylation sites (N-methyl/N-ethyl adjacent to an activating group) is 1. The number of hydrogen-bond acceptors (Lipinski definition) is 4. The summed E-state index contributed by atoms with van der Waals surface area (Å²) in [5.41, 5.74) is -0.351. The summed E-state index contributed by atoms with van der Waals surface area (Å²) < 4.78 is 0. The first-order valence-corrected chi connectivity index (χ1v) is 10.9. The second kappa shape index (κ2) is 10.3. The number of likely N-dealkylation sites (tertiary alicyclic amines) is 2. The Morgan fingerprint density at radius 2 is 1.75 bits per heavy atom. The van der Waals surface area contributed by atoms with Gasteiger partial charge in [-0.2, -0.15) is 0 Å². The number of halogens is 1. The van der Waals surface area contributed by atoms with Crippen LogP contribution in [-0.4, -0.2) is 72.6 Å². The Hall–Kier alpha value is -0.850. The molecule has 6 nitrogen and oxygen atoms in total. The molecule has 162 valence electrons. The highest BCUT2D eigenvalue weighted by atomic mass is 35.5. The second-order valence-corrected chi connectivity index (χ2v) is 9.00. The number of carbonyl (C=O) groups excluding carboxylic acids is 2. The average Bonchev–Trinajstić information content (AvgIpc) is 2.70. The fourth-order valence-electron chi connectivity index (χ4n) is 5.45. The van der Waals surface area contributed by atoms with Crippen LogP contribution in [0.25, 0.3) is 0 Å². The van der Waals surface area contributed by atoms with E-state index in [4.69, 9.17) is 0 Å². The molecule has 0 aromatic heterocycles. The first-order chi connectivity index (χ1) is 13.0. The highest BCUT2D eigenvalue weighted by molar-refractivity contribution is 5.85. The lowest BCUT2D eigenvalue weighted by molar-refractivity contribution is -0.151. The van der Waals surface area contributed by atoms with E-state index >= 15 is 0 Å². The number of amides is 2. The third-order valence-corrected chi connectivity index (χ3v) is 7.26. The maximum Gasteiger partial charge on any atom is 0.236 e. The Bertz CT molecular complexity index is 539. The van der Waals surface area contributed by atoms with Crippen LogP contribution in [0.15, 0.2) is 0 Å². The normalized spacial score (nSPS) is 33.5. The summed E-state index contributed by atoms with van der Waals surface area (Å²) in [4.78, 5) is 29.4. The number of aliphatic hydroxyl groups excluding tert-OH is 1. The lowest BCUT2D eigenvalue weighted by atomic mass is 9.71. The van der Waals surface area contributed by atoms with Crippen molar-refractivity contribution in [2.45, 2.75) is 64.4 Å². The first-order valence-electron chi connectivity index (χ1n) is 10.9. The molecule has 0 bridgehead atoms. The zero-order valence-corrected chi connectivity index (χ0v) is 18.3. The van der Waals surface area contributed by atoms with Gasteiger partial charge in [-0.1, -0.05) is 13.3 Å². The molecule has 28 heavy (non-hydrogen) atoms. The van der Waals surface area contributed by atoms with E-state index in [0.717, 1.165) is 38.1 Å². The largest absolute Gasteiger partial charge is 0.392 e. The number of rotatable bonds is 4. The molecule has 2 N–H and O–H groups in total. The first kappa shape index (κ1) is 23.4. The predicted molar refractivity (Wildman–Crippen MR) is 112 cm³/mol. The van der Waals surface area contributed by atoms with E-state index in [9.17, 15) is 14.7 Å². The van der Waals surface area contributed by atoms with Crippen molar-refractivity contribution in [3.8, 4) is 0 Å². The van der Waals surface area contributed by atoms with Crippen LogP contribution in [0, 0.1) is 17.3 Å². The minimum absolute atomic E-state index is 0. The molecule has 3 fully saturated rings. The predicted octanol–water partition coefficient (Wildman–Crippen LogP) is 2.05. The van der Waals surface area contributed by atoms with Gasteiger partial charge in [0.2, 0.25) is 11.8 Å². The zero-order chi connectivity index (χ0) is 19.4. The number of hydrogen-bond donors (Lipinski definition) is 2. The van der Waals surface area contributed by atoms with Crippen molar-refractivity contribution in [2.75, 3.05) is 39.8 Å². The molecule has 2 amide bonds. The van der Waals surface area contributed by atoms with Crippen molar-refractivity contribution < 1.29 is 14.7 Å². The smallest absolute Gasteiger partial charge is 0.236 e. The Morgan fingerprint density at radius 1 is 1.07 bits per heavy atom. The third-order valence-electron chi connectivity index (χ3n) is 7.26. The van der Waals surface area contributed by atoms with Gasteiger partial charge in [0.1, 0.15) is 0 Å². The molecule has 1 aliphatic carbocycles. The van der Waals surface area contributed by atoms with Gasteiger partial charge in [-0.3, -0.25) is 9.59 Å². The Labute approximate surface area is 175 Å². The van der Waals surface area contributed by atoms with E-state index in [0.29, 0.717) is 32.6 Å². The van der Waals surface area contributed by atoms with E-state index in [1.54, 1.807) is 7.05 Å². The monoisotopic (exact) mass is 415 g/mol. The van der Waals surface area contributed by atoms with Crippen LogP contribution >= 0.6 is 12.4 Å². The van der Waals surface area contributed by atoms with Crippen LogP contribution in [0.3, 0.4) is 0 Å². The zero-order valence-electron chi connectivity index (χ0n) is 17.5. The van der Waals surface area contributed by atoms with Crippen molar-refractivity contribution in [1.29, 1.82) is 0 Å². The van der Waals surface area contributed by atoms with Crippen molar-refractivity contribution in [3.63, 3.8) is 0 Å². The van der Waals surface area contributed by atoms with Gasteiger partial charge in [-0.25, -0.2) is 0 Å².